The molecule has 0 radical (unpaired) electrons. The number of carbonyl (C=O) groups is 2. The summed E-state index contributed by atoms with van der Waals surface area (Å²) in [5, 5.41) is 5.53. The summed E-state index contributed by atoms with van der Waals surface area (Å²) >= 11 is 0. The Labute approximate surface area is 158 Å². The van der Waals surface area contributed by atoms with Gasteiger partial charge in [0.25, 0.3) is 5.91 Å². The molecule has 0 aliphatic rings. The van der Waals surface area contributed by atoms with Crippen LogP contribution in [0.5, 0.6) is 11.5 Å². The Kier molecular flexibility index (Phi) is 5.52. The third kappa shape index (κ3) is 4.95. The number of benzene rings is 3. The minimum absolute atomic E-state index is 0.190. The van der Waals surface area contributed by atoms with E-state index in [-0.39, 0.29) is 11.8 Å². The first-order valence-electron chi connectivity index (χ1n) is 8.54. The van der Waals surface area contributed by atoms with E-state index in [9.17, 15) is 9.59 Å². The number of carbonyl (C=O) groups excluding carboxylic acids is 2. The van der Waals surface area contributed by atoms with E-state index < -0.39 is 0 Å². The highest BCUT2D eigenvalue weighted by molar-refractivity contribution is 6.06. The number of rotatable bonds is 5. The van der Waals surface area contributed by atoms with Crippen LogP contribution in [-0.2, 0) is 4.79 Å². The van der Waals surface area contributed by atoms with Crippen LogP contribution in [0, 0.1) is 6.92 Å². The summed E-state index contributed by atoms with van der Waals surface area (Å²) in [6.45, 7) is 3.43. The summed E-state index contributed by atoms with van der Waals surface area (Å²) in [6, 6.07) is 21.7. The van der Waals surface area contributed by atoms with Gasteiger partial charge in [-0.1, -0.05) is 35.9 Å². The standard InChI is InChI=1S/C22H20N2O3/c1-15-10-12-19(13-11-15)27-21-9-4-3-8-20(21)24-22(26)17-6-5-7-18(14-17)23-16(2)25/h3-14H,1-2H3,(H,23,25)(H,24,26). The molecule has 27 heavy (non-hydrogen) atoms. The van der Waals surface area contributed by atoms with Crippen molar-refractivity contribution in [3.05, 3.63) is 83.9 Å². The predicted octanol–water partition coefficient (Wildman–Crippen LogP) is 5.00. The molecule has 3 aromatic carbocycles. The first-order chi connectivity index (χ1) is 13.0. The van der Waals surface area contributed by atoms with Crippen LogP contribution >= 0.6 is 0 Å². The lowest BCUT2D eigenvalue weighted by Gasteiger charge is -2.13. The lowest BCUT2D eigenvalue weighted by atomic mass is 10.1. The molecule has 0 bridgehead atoms. The van der Waals surface area contributed by atoms with Crippen molar-refractivity contribution in [2.24, 2.45) is 0 Å². The quantitative estimate of drug-likeness (QED) is 0.673. The number of aryl methyl sites for hydroxylation is 1. The fourth-order valence-corrected chi connectivity index (χ4v) is 2.53. The van der Waals surface area contributed by atoms with Crippen molar-refractivity contribution < 1.29 is 14.3 Å². The third-order valence-electron chi connectivity index (χ3n) is 3.83. The number of anilines is 2. The van der Waals surface area contributed by atoms with Crippen molar-refractivity contribution in [2.75, 3.05) is 10.6 Å². The molecule has 0 unspecified atom stereocenters. The summed E-state index contributed by atoms with van der Waals surface area (Å²) in [6.07, 6.45) is 0. The number of ether oxygens (including phenoxy) is 1. The van der Waals surface area contributed by atoms with E-state index >= 15 is 0 Å². The Morgan fingerprint density at radius 3 is 2.33 bits per heavy atom. The van der Waals surface area contributed by atoms with E-state index in [1.165, 1.54) is 6.92 Å². The van der Waals surface area contributed by atoms with Gasteiger partial charge in [-0.15, -0.1) is 0 Å². The molecule has 0 saturated heterocycles. The lowest BCUT2D eigenvalue weighted by molar-refractivity contribution is -0.114. The number of hydrogen-bond acceptors (Lipinski definition) is 3. The Bertz CT molecular complexity index is 965. The molecule has 0 fully saturated rings. The summed E-state index contributed by atoms with van der Waals surface area (Å²) in [7, 11) is 0. The van der Waals surface area contributed by atoms with Crippen LogP contribution < -0.4 is 15.4 Å². The van der Waals surface area contributed by atoms with Crippen LogP contribution in [0.15, 0.2) is 72.8 Å². The molecule has 2 amide bonds. The average Bonchev–Trinajstić information content (AvgIpc) is 2.65. The van der Waals surface area contributed by atoms with E-state index in [2.05, 4.69) is 10.6 Å². The zero-order chi connectivity index (χ0) is 19.2. The highest BCUT2D eigenvalue weighted by atomic mass is 16.5. The lowest BCUT2D eigenvalue weighted by Crippen LogP contribution is -2.13. The third-order valence-corrected chi connectivity index (χ3v) is 3.83. The van der Waals surface area contributed by atoms with Crippen LogP contribution in [0.4, 0.5) is 11.4 Å². The van der Waals surface area contributed by atoms with E-state index in [1.54, 1.807) is 36.4 Å². The molecule has 3 rings (SSSR count). The van der Waals surface area contributed by atoms with Gasteiger partial charge in [0, 0.05) is 18.2 Å². The van der Waals surface area contributed by atoms with Gasteiger partial charge in [0.15, 0.2) is 5.75 Å². The Morgan fingerprint density at radius 1 is 0.852 bits per heavy atom. The van der Waals surface area contributed by atoms with Gasteiger partial charge in [-0.25, -0.2) is 0 Å². The zero-order valence-corrected chi connectivity index (χ0v) is 15.2. The molecule has 136 valence electrons. The van der Waals surface area contributed by atoms with Gasteiger partial charge >= 0.3 is 0 Å². The van der Waals surface area contributed by atoms with E-state index in [0.717, 1.165) is 5.56 Å². The SMILES string of the molecule is CC(=O)Nc1cccc(C(=O)Nc2ccccc2Oc2ccc(C)cc2)c1. The van der Waals surface area contributed by atoms with Crippen LogP contribution in [0.3, 0.4) is 0 Å². The molecule has 0 atom stereocenters. The summed E-state index contributed by atoms with van der Waals surface area (Å²) < 4.78 is 5.91. The van der Waals surface area contributed by atoms with Crippen LogP contribution in [-0.4, -0.2) is 11.8 Å². The number of para-hydroxylation sites is 2. The molecule has 0 aliphatic carbocycles. The maximum Gasteiger partial charge on any atom is 0.255 e. The monoisotopic (exact) mass is 360 g/mol. The summed E-state index contributed by atoms with van der Waals surface area (Å²) in [5.74, 6) is 0.759. The molecule has 0 aliphatic heterocycles. The number of amides is 2. The molecule has 0 heterocycles. The zero-order valence-electron chi connectivity index (χ0n) is 15.2. The van der Waals surface area contributed by atoms with Gasteiger partial charge in [-0.3, -0.25) is 9.59 Å². The van der Waals surface area contributed by atoms with Crippen LogP contribution in [0.1, 0.15) is 22.8 Å². The molecule has 0 saturated carbocycles. The van der Waals surface area contributed by atoms with Crippen molar-refractivity contribution in [2.45, 2.75) is 13.8 Å². The number of hydrogen-bond donors (Lipinski definition) is 2. The van der Waals surface area contributed by atoms with Gasteiger partial charge in [-0.2, -0.15) is 0 Å². The second-order valence-electron chi connectivity index (χ2n) is 6.13. The second kappa shape index (κ2) is 8.19. The van der Waals surface area contributed by atoms with Crippen LogP contribution in [0.25, 0.3) is 0 Å². The van der Waals surface area contributed by atoms with Gasteiger partial charge < -0.3 is 15.4 Å². The first kappa shape index (κ1) is 18.2. The number of nitrogens with one attached hydrogen (secondary N) is 2. The minimum Gasteiger partial charge on any atom is -0.455 e. The Hall–Kier alpha value is -3.60. The van der Waals surface area contributed by atoms with Crippen molar-refractivity contribution in [3.63, 3.8) is 0 Å². The van der Waals surface area contributed by atoms with Gasteiger partial charge in [0.05, 0.1) is 5.69 Å². The van der Waals surface area contributed by atoms with Crippen molar-refractivity contribution in [3.8, 4) is 11.5 Å². The predicted molar refractivity (Wildman–Crippen MR) is 106 cm³/mol. The van der Waals surface area contributed by atoms with Crippen molar-refractivity contribution >= 4 is 23.2 Å². The Morgan fingerprint density at radius 2 is 1.59 bits per heavy atom. The fourth-order valence-electron chi connectivity index (χ4n) is 2.53. The molecule has 5 heteroatoms. The second-order valence-corrected chi connectivity index (χ2v) is 6.13. The Balaban J connectivity index is 1.78. The first-order valence-corrected chi connectivity index (χ1v) is 8.54. The van der Waals surface area contributed by atoms with Gasteiger partial charge in [-0.05, 0) is 49.4 Å². The van der Waals surface area contributed by atoms with Crippen molar-refractivity contribution in [1.82, 2.24) is 0 Å². The summed E-state index contributed by atoms with van der Waals surface area (Å²) in [4.78, 5) is 23.8. The topological polar surface area (TPSA) is 67.4 Å². The average molecular weight is 360 g/mol. The smallest absolute Gasteiger partial charge is 0.255 e. The highest BCUT2D eigenvalue weighted by Gasteiger charge is 2.11. The normalized spacial score (nSPS) is 10.1. The molecule has 3 aromatic rings. The molecular weight excluding hydrogens is 340 g/mol. The van der Waals surface area contributed by atoms with Crippen LogP contribution in [0.2, 0.25) is 0 Å². The molecule has 0 aromatic heterocycles. The maximum atomic E-state index is 12.6. The van der Waals surface area contributed by atoms with Crippen molar-refractivity contribution in [1.29, 1.82) is 0 Å². The fraction of sp³-hybridized carbons (Fsp3) is 0.0909. The van der Waals surface area contributed by atoms with E-state index in [4.69, 9.17) is 4.74 Å². The summed E-state index contributed by atoms with van der Waals surface area (Å²) in [5.41, 5.74) is 2.71. The highest BCUT2D eigenvalue weighted by Crippen LogP contribution is 2.29. The van der Waals surface area contributed by atoms with E-state index in [0.29, 0.717) is 28.4 Å². The minimum atomic E-state index is -0.290. The molecular formula is C22H20N2O3. The van der Waals surface area contributed by atoms with Gasteiger partial charge in [0.2, 0.25) is 5.91 Å². The van der Waals surface area contributed by atoms with Gasteiger partial charge in [0.1, 0.15) is 5.75 Å². The molecule has 0 spiro atoms. The van der Waals surface area contributed by atoms with E-state index in [1.807, 2.05) is 43.3 Å². The molecule has 5 nitrogen and oxygen atoms in total. The largest absolute Gasteiger partial charge is 0.455 e. The molecule has 2 N–H and O–H groups in total. The maximum absolute atomic E-state index is 12.6.